The van der Waals surface area contributed by atoms with Crippen LogP contribution in [0.25, 0.3) is 0 Å². The van der Waals surface area contributed by atoms with E-state index in [-0.39, 0.29) is 6.10 Å². The second-order valence-corrected chi connectivity index (χ2v) is 4.47. The van der Waals surface area contributed by atoms with Gasteiger partial charge in [0.15, 0.2) is 0 Å². The lowest BCUT2D eigenvalue weighted by atomic mass is 10.3. The Morgan fingerprint density at radius 1 is 1.57 bits per heavy atom. The van der Waals surface area contributed by atoms with Crippen LogP contribution in [0, 0.1) is 0 Å². The normalized spacial score (nSPS) is 12.8. The molecule has 0 aliphatic rings. The number of nitrogens with two attached hydrogens (primary N) is 1. The van der Waals surface area contributed by atoms with Crippen LogP contribution in [0.4, 0.5) is 5.69 Å². The van der Waals surface area contributed by atoms with Gasteiger partial charge in [-0.3, -0.25) is 0 Å². The number of aliphatic hydroxyl groups is 1. The van der Waals surface area contributed by atoms with Gasteiger partial charge in [0.1, 0.15) is 0 Å². The average Bonchev–Trinajstić information content (AvgIpc) is 2.16. The monoisotopic (exact) mass is 231 g/mol. The second kappa shape index (κ2) is 5.49. The zero-order valence-corrected chi connectivity index (χ0v) is 9.61. The lowest BCUT2D eigenvalue weighted by molar-refractivity contribution is 0.195. The molecule has 0 bridgehead atoms. The molecule has 1 atom stereocenters. The Balaban J connectivity index is 2.66. The van der Waals surface area contributed by atoms with Crippen LogP contribution in [-0.4, -0.2) is 17.0 Å². The third-order valence-electron chi connectivity index (χ3n) is 1.89. The van der Waals surface area contributed by atoms with Crippen LogP contribution in [0.15, 0.2) is 23.1 Å². The number of anilines is 1. The Morgan fingerprint density at radius 3 is 2.86 bits per heavy atom. The number of benzene rings is 1. The Labute approximate surface area is 93.5 Å². The van der Waals surface area contributed by atoms with Gasteiger partial charge in [-0.15, -0.1) is 11.8 Å². The molecule has 0 saturated carbocycles. The minimum atomic E-state index is -0.296. The maximum atomic E-state index is 9.40. The van der Waals surface area contributed by atoms with Crippen molar-refractivity contribution in [3.8, 4) is 0 Å². The molecule has 0 aliphatic heterocycles. The molecule has 1 unspecified atom stereocenters. The van der Waals surface area contributed by atoms with Gasteiger partial charge in [-0.25, -0.2) is 0 Å². The van der Waals surface area contributed by atoms with E-state index >= 15 is 0 Å². The first-order valence-corrected chi connectivity index (χ1v) is 5.86. The lowest BCUT2D eigenvalue weighted by Gasteiger charge is -2.10. The average molecular weight is 232 g/mol. The van der Waals surface area contributed by atoms with E-state index in [1.54, 1.807) is 6.07 Å². The van der Waals surface area contributed by atoms with E-state index in [9.17, 15) is 5.11 Å². The molecule has 0 fully saturated rings. The molecular formula is C10H14ClNOS. The summed E-state index contributed by atoms with van der Waals surface area (Å²) in [6.07, 6.45) is 0.452. The maximum absolute atomic E-state index is 9.40. The molecule has 3 N–H and O–H groups in total. The summed E-state index contributed by atoms with van der Waals surface area (Å²) in [6.45, 7) is 1.95. The van der Waals surface area contributed by atoms with Gasteiger partial charge in [-0.1, -0.05) is 24.6 Å². The summed E-state index contributed by atoms with van der Waals surface area (Å²) in [6, 6.07) is 5.43. The SMILES string of the molecule is CCC(O)CSc1c(N)cccc1Cl. The Hall–Kier alpha value is -0.380. The smallest absolute Gasteiger partial charge is 0.0631 e. The number of thioether (sulfide) groups is 1. The summed E-state index contributed by atoms with van der Waals surface area (Å²) in [5.74, 6) is 0.629. The summed E-state index contributed by atoms with van der Waals surface area (Å²) in [4.78, 5) is 0.863. The minimum Gasteiger partial charge on any atom is -0.398 e. The third kappa shape index (κ3) is 3.08. The standard InChI is InChI=1S/C10H14ClNOS/c1-2-7(13)6-14-10-8(11)4-3-5-9(10)12/h3-5,7,13H,2,6,12H2,1H3. The highest BCUT2D eigenvalue weighted by atomic mass is 35.5. The molecule has 0 radical (unpaired) electrons. The number of aliphatic hydroxyl groups excluding tert-OH is 1. The van der Waals surface area contributed by atoms with Crippen molar-refractivity contribution < 1.29 is 5.11 Å². The molecule has 78 valence electrons. The number of nitrogen functional groups attached to an aromatic ring is 1. The maximum Gasteiger partial charge on any atom is 0.0631 e. The molecule has 14 heavy (non-hydrogen) atoms. The van der Waals surface area contributed by atoms with Crippen LogP contribution in [0.2, 0.25) is 5.02 Å². The Bertz CT molecular complexity index is 286. The van der Waals surface area contributed by atoms with Crippen LogP contribution in [-0.2, 0) is 0 Å². The Morgan fingerprint density at radius 2 is 2.29 bits per heavy atom. The van der Waals surface area contributed by atoms with Crippen molar-refractivity contribution in [2.75, 3.05) is 11.5 Å². The van der Waals surface area contributed by atoms with Gasteiger partial charge in [0.2, 0.25) is 0 Å². The highest BCUT2D eigenvalue weighted by Crippen LogP contribution is 2.32. The largest absolute Gasteiger partial charge is 0.398 e. The van der Waals surface area contributed by atoms with Gasteiger partial charge < -0.3 is 10.8 Å². The van der Waals surface area contributed by atoms with Crippen LogP contribution in [0.1, 0.15) is 13.3 Å². The second-order valence-electron chi connectivity index (χ2n) is 3.03. The topological polar surface area (TPSA) is 46.2 Å². The van der Waals surface area contributed by atoms with E-state index in [1.165, 1.54) is 11.8 Å². The van der Waals surface area contributed by atoms with Crippen molar-refractivity contribution in [2.24, 2.45) is 0 Å². The fraction of sp³-hybridized carbons (Fsp3) is 0.400. The predicted molar refractivity (Wildman–Crippen MR) is 62.9 cm³/mol. The number of hydrogen-bond donors (Lipinski definition) is 2. The summed E-state index contributed by atoms with van der Waals surface area (Å²) in [7, 11) is 0. The zero-order chi connectivity index (χ0) is 10.6. The molecule has 0 aromatic heterocycles. The molecule has 0 amide bonds. The molecular weight excluding hydrogens is 218 g/mol. The molecule has 1 aromatic carbocycles. The molecule has 0 heterocycles. The molecule has 0 aliphatic carbocycles. The van der Waals surface area contributed by atoms with Crippen molar-refractivity contribution in [1.29, 1.82) is 0 Å². The first kappa shape index (κ1) is 11.7. The van der Waals surface area contributed by atoms with Crippen molar-refractivity contribution >= 4 is 29.1 Å². The van der Waals surface area contributed by atoms with Crippen molar-refractivity contribution in [3.05, 3.63) is 23.2 Å². The highest BCUT2D eigenvalue weighted by molar-refractivity contribution is 7.99. The molecule has 2 nitrogen and oxygen atoms in total. The van der Waals surface area contributed by atoms with Gasteiger partial charge in [0.25, 0.3) is 0 Å². The molecule has 1 rings (SSSR count). The third-order valence-corrected chi connectivity index (χ3v) is 3.61. The van der Waals surface area contributed by atoms with E-state index in [0.717, 1.165) is 11.3 Å². The molecule has 0 saturated heterocycles. The van der Waals surface area contributed by atoms with Crippen molar-refractivity contribution in [2.45, 2.75) is 24.3 Å². The Kier molecular flexibility index (Phi) is 4.58. The van der Waals surface area contributed by atoms with Crippen LogP contribution in [0.5, 0.6) is 0 Å². The van der Waals surface area contributed by atoms with Gasteiger partial charge in [-0.05, 0) is 18.6 Å². The fourth-order valence-electron chi connectivity index (χ4n) is 0.975. The zero-order valence-electron chi connectivity index (χ0n) is 8.03. The number of hydrogen-bond acceptors (Lipinski definition) is 3. The number of halogens is 1. The highest BCUT2D eigenvalue weighted by Gasteiger charge is 2.07. The van der Waals surface area contributed by atoms with Gasteiger partial charge >= 0.3 is 0 Å². The van der Waals surface area contributed by atoms with E-state index in [1.807, 2.05) is 19.1 Å². The van der Waals surface area contributed by atoms with Crippen LogP contribution >= 0.6 is 23.4 Å². The van der Waals surface area contributed by atoms with Gasteiger partial charge in [0.05, 0.1) is 11.1 Å². The quantitative estimate of drug-likeness (QED) is 0.619. The van der Waals surface area contributed by atoms with Crippen LogP contribution < -0.4 is 5.73 Å². The minimum absolute atomic E-state index is 0.296. The van der Waals surface area contributed by atoms with E-state index in [0.29, 0.717) is 16.5 Å². The van der Waals surface area contributed by atoms with E-state index in [2.05, 4.69) is 0 Å². The van der Waals surface area contributed by atoms with Gasteiger partial charge in [0, 0.05) is 16.3 Å². The molecule has 0 spiro atoms. The summed E-state index contributed by atoms with van der Waals surface area (Å²) < 4.78 is 0. The van der Waals surface area contributed by atoms with E-state index < -0.39 is 0 Å². The fourth-order valence-corrected chi connectivity index (χ4v) is 2.36. The van der Waals surface area contributed by atoms with Crippen molar-refractivity contribution in [1.82, 2.24) is 0 Å². The van der Waals surface area contributed by atoms with Crippen molar-refractivity contribution in [3.63, 3.8) is 0 Å². The lowest BCUT2D eigenvalue weighted by Crippen LogP contribution is -2.07. The van der Waals surface area contributed by atoms with E-state index in [4.69, 9.17) is 17.3 Å². The number of rotatable bonds is 4. The first-order chi connectivity index (χ1) is 6.65. The first-order valence-electron chi connectivity index (χ1n) is 4.50. The summed E-state index contributed by atoms with van der Waals surface area (Å²) in [5, 5.41) is 10.0. The molecule has 4 heteroatoms. The summed E-state index contributed by atoms with van der Waals surface area (Å²) >= 11 is 7.47. The predicted octanol–water partition coefficient (Wildman–Crippen LogP) is 2.79. The molecule has 1 aromatic rings. The summed E-state index contributed by atoms with van der Waals surface area (Å²) in [5.41, 5.74) is 6.43. The van der Waals surface area contributed by atoms with Crippen LogP contribution in [0.3, 0.4) is 0 Å². The van der Waals surface area contributed by atoms with Gasteiger partial charge in [-0.2, -0.15) is 0 Å².